The van der Waals surface area contributed by atoms with Crippen molar-refractivity contribution in [1.29, 1.82) is 0 Å². The molecule has 116 valence electrons. The second-order valence-corrected chi connectivity index (χ2v) is 6.60. The standard InChI is InChI=1S/C18H13BrO4/c1-9-2-4-14-11(6-9)12(8-16(20)22-14)18-17(21)13-7-10(19)3-5-15(13)23-18/h2-8,17-18,21H,1H3/t17-,18-/m0/s1. The number of aliphatic hydroxyl groups is 1. The zero-order valence-electron chi connectivity index (χ0n) is 12.2. The predicted octanol–water partition coefficient (Wildman–Crippen LogP) is 4.03. The topological polar surface area (TPSA) is 59.7 Å². The van der Waals surface area contributed by atoms with Gasteiger partial charge in [-0.15, -0.1) is 0 Å². The van der Waals surface area contributed by atoms with E-state index in [-0.39, 0.29) is 0 Å². The third-order valence-corrected chi connectivity index (χ3v) is 4.56. The second-order valence-electron chi connectivity index (χ2n) is 5.69. The van der Waals surface area contributed by atoms with Crippen LogP contribution in [-0.2, 0) is 0 Å². The summed E-state index contributed by atoms with van der Waals surface area (Å²) in [5, 5.41) is 11.4. The minimum atomic E-state index is -0.840. The van der Waals surface area contributed by atoms with Crippen molar-refractivity contribution in [2.45, 2.75) is 19.1 Å². The maximum absolute atomic E-state index is 11.9. The van der Waals surface area contributed by atoms with Crippen molar-refractivity contribution in [3.05, 3.63) is 74.0 Å². The van der Waals surface area contributed by atoms with Gasteiger partial charge in [0.25, 0.3) is 0 Å². The molecule has 1 aliphatic rings. The van der Waals surface area contributed by atoms with Gasteiger partial charge in [-0.3, -0.25) is 0 Å². The van der Waals surface area contributed by atoms with Crippen molar-refractivity contribution >= 4 is 26.9 Å². The monoisotopic (exact) mass is 372 g/mol. The summed E-state index contributed by atoms with van der Waals surface area (Å²) in [7, 11) is 0. The summed E-state index contributed by atoms with van der Waals surface area (Å²) in [6, 6.07) is 12.5. The molecule has 0 amide bonds. The van der Waals surface area contributed by atoms with E-state index in [9.17, 15) is 9.90 Å². The fourth-order valence-electron chi connectivity index (χ4n) is 2.99. The van der Waals surface area contributed by atoms with Gasteiger partial charge in [-0.2, -0.15) is 0 Å². The first kappa shape index (κ1) is 14.5. The van der Waals surface area contributed by atoms with Crippen LogP contribution in [0.1, 0.15) is 28.9 Å². The van der Waals surface area contributed by atoms with Crippen LogP contribution in [0.25, 0.3) is 11.0 Å². The first-order chi connectivity index (χ1) is 11.0. The third kappa shape index (κ3) is 2.36. The Bertz CT molecular complexity index is 976. The molecule has 1 N–H and O–H groups in total. The normalized spacial score (nSPS) is 19.6. The summed E-state index contributed by atoms with van der Waals surface area (Å²) in [4.78, 5) is 11.9. The minimum absolute atomic E-state index is 0.454. The lowest BCUT2D eigenvalue weighted by molar-refractivity contribution is 0.0680. The Labute approximate surface area is 140 Å². The smallest absolute Gasteiger partial charge is 0.336 e. The molecule has 4 nitrogen and oxygen atoms in total. The molecule has 0 bridgehead atoms. The average Bonchev–Trinajstić information content (AvgIpc) is 2.84. The number of aryl methyl sites for hydroxylation is 1. The quantitative estimate of drug-likeness (QED) is 0.655. The van der Waals surface area contributed by atoms with Crippen LogP contribution in [-0.4, -0.2) is 5.11 Å². The minimum Gasteiger partial charge on any atom is -0.482 e. The van der Waals surface area contributed by atoms with E-state index in [0.29, 0.717) is 22.5 Å². The Balaban J connectivity index is 1.91. The highest BCUT2D eigenvalue weighted by atomic mass is 79.9. The van der Waals surface area contributed by atoms with Crippen molar-refractivity contribution in [3.63, 3.8) is 0 Å². The highest BCUT2D eigenvalue weighted by Crippen LogP contribution is 2.46. The van der Waals surface area contributed by atoms with Crippen LogP contribution in [0.3, 0.4) is 0 Å². The molecule has 0 saturated carbocycles. The van der Waals surface area contributed by atoms with Crippen molar-refractivity contribution in [1.82, 2.24) is 0 Å². The van der Waals surface area contributed by atoms with Gasteiger partial charge in [-0.25, -0.2) is 4.79 Å². The van der Waals surface area contributed by atoms with Crippen molar-refractivity contribution < 1.29 is 14.3 Å². The molecule has 1 aliphatic heterocycles. The van der Waals surface area contributed by atoms with E-state index in [1.165, 1.54) is 6.07 Å². The summed E-state index contributed by atoms with van der Waals surface area (Å²) < 4.78 is 12.0. The van der Waals surface area contributed by atoms with Gasteiger partial charge < -0.3 is 14.3 Å². The lowest BCUT2D eigenvalue weighted by atomic mass is 9.97. The average molecular weight is 373 g/mol. The molecule has 3 aromatic rings. The molecule has 0 fully saturated rings. The molecule has 5 heteroatoms. The molecule has 0 saturated heterocycles. The van der Waals surface area contributed by atoms with E-state index < -0.39 is 17.8 Å². The number of hydrogen-bond acceptors (Lipinski definition) is 4. The van der Waals surface area contributed by atoms with Gasteiger partial charge in [0.15, 0.2) is 6.10 Å². The molecular weight excluding hydrogens is 360 g/mol. The van der Waals surface area contributed by atoms with Gasteiger partial charge in [0.05, 0.1) is 0 Å². The first-order valence-electron chi connectivity index (χ1n) is 7.21. The maximum atomic E-state index is 11.9. The number of aliphatic hydroxyl groups excluding tert-OH is 1. The largest absolute Gasteiger partial charge is 0.482 e. The third-order valence-electron chi connectivity index (χ3n) is 4.07. The number of hydrogen-bond donors (Lipinski definition) is 1. The lowest BCUT2D eigenvalue weighted by Crippen LogP contribution is -2.13. The van der Waals surface area contributed by atoms with Crippen molar-refractivity contribution in [3.8, 4) is 5.75 Å². The molecule has 4 rings (SSSR count). The number of ether oxygens (including phenoxy) is 1. The SMILES string of the molecule is Cc1ccc2oc(=O)cc([C@@H]3Oc4ccc(Br)cc4[C@@H]3O)c2c1. The summed E-state index contributed by atoms with van der Waals surface area (Å²) >= 11 is 3.40. The van der Waals surface area contributed by atoms with Crippen LogP contribution in [0.4, 0.5) is 0 Å². The maximum Gasteiger partial charge on any atom is 0.336 e. The Morgan fingerprint density at radius 1 is 1.09 bits per heavy atom. The Morgan fingerprint density at radius 2 is 1.91 bits per heavy atom. The Morgan fingerprint density at radius 3 is 2.74 bits per heavy atom. The molecular formula is C18H13BrO4. The van der Waals surface area contributed by atoms with Gasteiger partial charge in [0.1, 0.15) is 17.4 Å². The van der Waals surface area contributed by atoms with Crippen LogP contribution >= 0.6 is 15.9 Å². The van der Waals surface area contributed by atoms with E-state index in [2.05, 4.69) is 15.9 Å². The van der Waals surface area contributed by atoms with Gasteiger partial charge in [-0.1, -0.05) is 27.6 Å². The lowest BCUT2D eigenvalue weighted by Gasteiger charge is -2.16. The highest BCUT2D eigenvalue weighted by molar-refractivity contribution is 9.10. The van der Waals surface area contributed by atoms with Gasteiger partial charge >= 0.3 is 5.63 Å². The van der Waals surface area contributed by atoms with Crippen molar-refractivity contribution in [2.75, 3.05) is 0 Å². The van der Waals surface area contributed by atoms with Gasteiger partial charge in [0, 0.05) is 27.1 Å². The van der Waals surface area contributed by atoms with E-state index >= 15 is 0 Å². The number of rotatable bonds is 1. The molecule has 0 radical (unpaired) electrons. The predicted molar refractivity (Wildman–Crippen MR) is 89.7 cm³/mol. The summed E-state index contributed by atoms with van der Waals surface area (Å²) in [6.07, 6.45) is -1.47. The first-order valence-corrected chi connectivity index (χ1v) is 8.01. The molecule has 2 aromatic carbocycles. The van der Waals surface area contributed by atoms with Crippen LogP contribution in [0.15, 0.2) is 56.1 Å². The molecule has 0 aliphatic carbocycles. The van der Waals surface area contributed by atoms with E-state index in [1.807, 2.05) is 37.3 Å². The van der Waals surface area contributed by atoms with Crippen LogP contribution < -0.4 is 10.4 Å². The van der Waals surface area contributed by atoms with E-state index in [4.69, 9.17) is 9.15 Å². The fraction of sp³-hybridized carbons (Fsp3) is 0.167. The fourth-order valence-corrected chi connectivity index (χ4v) is 3.37. The number of fused-ring (bicyclic) bond motifs is 2. The summed E-state index contributed by atoms with van der Waals surface area (Å²) in [5.74, 6) is 0.625. The molecule has 0 unspecified atom stereocenters. The van der Waals surface area contributed by atoms with Crippen molar-refractivity contribution in [2.24, 2.45) is 0 Å². The highest BCUT2D eigenvalue weighted by Gasteiger charge is 2.35. The van der Waals surface area contributed by atoms with Crippen LogP contribution in [0, 0.1) is 6.92 Å². The molecule has 1 aromatic heterocycles. The summed E-state index contributed by atoms with van der Waals surface area (Å²) in [6.45, 7) is 1.96. The van der Waals surface area contributed by atoms with Crippen LogP contribution in [0.5, 0.6) is 5.75 Å². The second kappa shape index (κ2) is 5.22. The number of halogens is 1. The molecule has 2 heterocycles. The Kier molecular flexibility index (Phi) is 3.28. The molecule has 0 spiro atoms. The zero-order chi connectivity index (χ0) is 16.1. The van der Waals surface area contributed by atoms with E-state index in [1.54, 1.807) is 6.07 Å². The summed E-state index contributed by atoms with van der Waals surface area (Å²) in [5.41, 5.74) is 2.42. The molecule has 2 atom stereocenters. The van der Waals surface area contributed by atoms with Gasteiger partial charge in [0.2, 0.25) is 0 Å². The van der Waals surface area contributed by atoms with Gasteiger partial charge in [-0.05, 0) is 37.3 Å². The van der Waals surface area contributed by atoms with Crippen LogP contribution in [0.2, 0.25) is 0 Å². The number of benzene rings is 2. The zero-order valence-corrected chi connectivity index (χ0v) is 13.8. The molecule has 23 heavy (non-hydrogen) atoms. The van der Waals surface area contributed by atoms with E-state index in [0.717, 1.165) is 15.4 Å². The Hall–Kier alpha value is -2.11.